The predicted octanol–water partition coefficient (Wildman–Crippen LogP) is 2.43. The van der Waals surface area contributed by atoms with Crippen molar-refractivity contribution < 1.29 is 33.3 Å². The lowest BCUT2D eigenvalue weighted by Gasteiger charge is -2.23. The zero-order chi connectivity index (χ0) is 18.0. The summed E-state index contributed by atoms with van der Waals surface area (Å²) in [6, 6.07) is -1.60. The largest absolute Gasteiger partial charge is 0.509 e. The molecule has 0 heterocycles. The molecule has 0 aliphatic carbocycles. The van der Waals surface area contributed by atoms with E-state index >= 15 is 0 Å². The van der Waals surface area contributed by atoms with Gasteiger partial charge in [-0.15, -0.1) is 0 Å². The lowest BCUT2D eigenvalue weighted by Crippen LogP contribution is -2.47. The Balaban J connectivity index is 4.68. The number of hydrogen-bond acceptors (Lipinski definition) is 7. The maximum atomic E-state index is 12.0. The molecule has 9 heteroatoms. The SMILES string of the molecule is CC(C)COC(=O)C(COC(=O)OCCl)NC(=O)OC(C)(C)C. The number of hydrogen-bond donors (Lipinski definition) is 1. The molecule has 1 N–H and O–H groups in total. The van der Waals surface area contributed by atoms with Crippen molar-refractivity contribution in [2.24, 2.45) is 5.92 Å². The second kappa shape index (κ2) is 10.1. The van der Waals surface area contributed by atoms with Crippen LogP contribution in [0.3, 0.4) is 0 Å². The van der Waals surface area contributed by atoms with E-state index in [9.17, 15) is 14.4 Å². The molecule has 8 nitrogen and oxygen atoms in total. The lowest BCUT2D eigenvalue weighted by atomic mass is 10.2. The molecule has 1 unspecified atom stereocenters. The summed E-state index contributed by atoms with van der Waals surface area (Å²) in [7, 11) is 0. The van der Waals surface area contributed by atoms with Crippen molar-refractivity contribution in [3.05, 3.63) is 0 Å². The van der Waals surface area contributed by atoms with Crippen LogP contribution in [0.1, 0.15) is 34.6 Å². The first-order chi connectivity index (χ1) is 10.5. The van der Waals surface area contributed by atoms with Crippen LogP contribution in [0, 0.1) is 5.92 Å². The molecule has 0 saturated carbocycles. The normalized spacial score (nSPS) is 12.3. The number of carbonyl (C=O) groups is 3. The van der Waals surface area contributed by atoms with Crippen LogP contribution in [0.2, 0.25) is 0 Å². The highest BCUT2D eigenvalue weighted by atomic mass is 35.5. The minimum atomic E-state index is -1.22. The van der Waals surface area contributed by atoms with Crippen molar-refractivity contribution in [1.82, 2.24) is 5.32 Å². The molecule has 0 aromatic heterocycles. The van der Waals surface area contributed by atoms with Crippen LogP contribution in [0.15, 0.2) is 0 Å². The van der Waals surface area contributed by atoms with Gasteiger partial charge in [0.1, 0.15) is 12.2 Å². The number of alkyl halides is 1. The molecule has 0 aliphatic rings. The molecule has 134 valence electrons. The Bertz CT molecular complexity index is 406. The van der Waals surface area contributed by atoms with Gasteiger partial charge in [0.2, 0.25) is 0 Å². The maximum Gasteiger partial charge on any atom is 0.509 e. The van der Waals surface area contributed by atoms with E-state index in [1.807, 2.05) is 13.8 Å². The number of esters is 1. The molecule has 0 aromatic rings. The van der Waals surface area contributed by atoms with Gasteiger partial charge in [-0.05, 0) is 26.7 Å². The summed E-state index contributed by atoms with van der Waals surface area (Å²) in [6.07, 6.45) is -1.90. The number of amides is 1. The minimum Gasteiger partial charge on any atom is -0.464 e. The third kappa shape index (κ3) is 11.5. The highest BCUT2D eigenvalue weighted by Crippen LogP contribution is 2.07. The summed E-state index contributed by atoms with van der Waals surface area (Å²) in [4.78, 5) is 34.8. The van der Waals surface area contributed by atoms with Crippen molar-refractivity contribution in [2.75, 3.05) is 19.3 Å². The van der Waals surface area contributed by atoms with E-state index < -0.39 is 36.5 Å². The van der Waals surface area contributed by atoms with Gasteiger partial charge in [-0.2, -0.15) is 0 Å². The molecule has 0 saturated heterocycles. The summed E-state index contributed by atoms with van der Waals surface area (Å²) in [5, 5.41) is 2.29. The van der Waals surface area contributed by atoms with Gasteiger partial charge in [-0.3, -0.25) is 0 Å². The molecule has 0 bridgehead atoms. The maximum absolute atomic E-state index is 12.0. The first kappa shape index (κ1) is 21.3. The Morgan fingerprint density at radius 2 is 1.65 bits per heavy atom. The Morgan fingerprint density at radius 1 is 1.04 bits per heavy atom. The van der Waals surface area contributed by atoms with Crippen LogP contribution in [0.4, 0.5) is 9.59 Å². The number of halogens is 1. The van der Waals surface area contributed by atoms with E-state index in [0.717, 1.165) is 0 Å². The van der Waals surface area contributed by atoms with E-state index in [0.29, 0.717) is 0 Å². The van der Waals surface area contributed by atoms with Crippen LogP contribution in [0.5, 0.6) is 0 Å². The summed E-state index contributed by atoms with van der Waals surface area (Å²) in [5.74, 6) is -0.633. The van der Waals surface area contributed by atoms with E-state index in [4.69, 9.17) is 21.1 Å². The number of nitrogens with one attached hydrogen (secondary N) is 1. The first-order valence-corrected chi connectivity index (χ1v) is 7.60. The van der Waals surface area contributed by atoms with Gasteiger partial charge in [0.25, 0.3) is 0 Å². The highest BCUT2D eigenvalue weighted by Gasteiger charge is 2.27. The fourth-order valence-electron chi connectivity index (χ4n) is 1.21. The molecule has 0 aromatic carbocycles. The summed E-state index contributed by atoms with van der Waals surface area (Å²) >= 11 is 5.21. The second-order valence-electron chi connectivity index (χ2n) is 6.04. The number of alkyl carbamates (subject to hydrolysis) is 1. The van der Waals surface area contributed by atoms with Gasteiger partial charge in [0.05, 0.1) is 6.61 Å². The van der Waals surface area contributed by atoms with Gasteiger partial charge in [-0.25, -0.2) is 14.4 Å². The van der Waals surface area contributed by atoms with Gasteiger partial charge < -0.3 is 24.3 Å². The van der Waals surface area contributed by atoms with Crippen LogP contribution in [0.25, 0.3) is 0 Å². The number of carbonyl (C=O) groups excluding carboxylic acids is 3. The Kier molecular flexibility index (Phi) is 9.40. The lowest BCUT2D eigenvalue weighted by molar-refractivity contribution is -0.148. The molecule has 0 fully saturated rings. The van der Waals surface area contributed by atoms with Crippen molar-refractivity contribution >= 4 is 29.8 Å². The Hall–Kier alpha value is -1.70. The Labute approximate surface area is 140 Å². The number of rotatable bonds is 7. The monoisotopic (exact) mass is 353 g/mol. The van der Waals surface area contributed by atoms with Crippen molar-refractivity contribution in [2.45, 2.75) is 46.3 Å². The fourth-order valence-corrected chi connectivity index (χ4v) is 1.29. The van der Waals surface area contributed by atoms with Gasteiger partial charge in [0, 0.05) is 0 Å². The van der Waals surface area contributed by atoms with Crippen molar-refractivity contribution in [3.8, 4) is 0 Å². The third-order valence-electron chi connectivity index (χ3n) is 2.07. The van der Waals surface area contributed by atoms with Crippen LogP contribution < -0.4 is 5.32 Å². The Morgan fingerprint density at radius 3 is 2.13 bits per heavy atom. The van der Waals surface area contributed by atoms with Gasteiger partial charge >= 0.3 is 18.2 Å². The van der Waals surface area contributed by atoms with Crippen molar-refractivity contribution in [1.29, 1.82) is 0 Å². The van der Waals surface area contributed by atoms with Crippen LogP contribution in [-0.2, 0) is 23.7 Å². The molecular formula is C14H24ClNO7. The molecule has 0 aliphatic heterocycles. The molecule has 0 radical (unpaired) electrons. The number of ether oxygens (including phenoxy) is 4. The smallest absolute Gasteiger partial charge is 0.464 e. The predicted molar refractivity (Wildman–Crippen MR) is 82.1 cm³/mol. The van der Waals surface area contributed by atoms with Gasteiger partial charge in [-0.1, -0.05) is 25.4 Å². The summed E-state index contributed by atoms with van der Waals surface area (Å²) in [5.41, 5.74) is -0.741. The van der Waals surface area contributed by atoms with E-state index in [1.165, 1.54) is 0 Å². The van der Waals surface area contributed by atoms with Gasteiger partial charge in [0.15, 0.2) is 12.1 Å². The average molecular weight is 354 g/mol. The molecule has 0 rings (SSSR count). The fraction of sp³-hybridized carbons (Fsp3) is 0.786. The first-order valence-electron chi connectivity index (χ1n) is 7.06. The standard InChI is InChI=1S/C14H24ClNO7/c1-9(2)6-20-11(17)10(7-21-13(19)22-8-15)16-12(18)23-14(3,4)5/h9-10H,6-8H2,1-5H3,(H,16,18). The highest BCUT2D eigenvalue weighted by molar-refractivity contribution is 6.17. The van der Waals surface area contributed by atoms with E-state index in [-0.39, 0.29) is 18.6 Å². The van der Waals surface area contributed by atoms with Crippen LogP contribution >= 0.6 is 11.6 Å². The quantitative estimate of drug-likeness (QED) is 0.426. The molecule has 23 heavy (non-hydrogen) atoms. The molecule has 1 amide bonds. The topological polar surface area (TPSA) is 100 Å². The summed E-state index contributed by atoms with van der Waals surface area (Å²) < 4.78 is 19.1. The van der Waals surface area contributed by atoms with E-state index in [2.05, 4.69) is 14.8 Å². The summed E-state index contributed by atoms with van der Waals surface area (Å²) in [6.45, 7) is 8.44. The molecule has 0 spiro atoms. The molecular weight excluding hydrogens is 330 g/mol. The second-order valence-corrected chi connectivity index (χ2v) is 6.26. The van der Waals surface area contributed by atoms with Crippen LogP contribution in [-0.4, -0.2) is 49.1 Å². The zero-order valence-electron chi connectivity index (χ0n) is 14.0. The van der Waals surface area contributed by atoms with Crippen molar-refractivity contribution in [3.63, 3.8) is 0 Å². The zero-order valence-corrected chi connectivity index (χ0v) is 14.8. The molecule has 1 atom stereocenters. The minimum absolute atomic E-state index is 0.114. The van der Waals surface area contributed by atoms with E-state index in [1.54, 1.807) is 20.8 Å². The third-order valence-corrected chi connectivity index (χ3v) is 2.18. The average Bonchev–Trinajstić information content (AvgIpc) is 2.38.